The van der Waals surface area contributed by atoms with Gasteiger partial charge in [-0.05, 0) is 57.5 Å². The van der Waals surface area contributed by atoms with Gasteiger partial charge < -0.3 is 19.5 Å². The highest BCUT2D eigenvalue weighted by Gasteiger charge is 2.32. The largest absolute Gasteiger partial charge is 0.476 e. The third kappa shape index (κ3) is 4.88. The van der Waals surface area contributed by atoms with Gasteiger partial charge in [0.2, 0.25) is 0 Å². The molecule has 0 heterocycles. The summed E-state index contributed by atoms with van der Waals surface area (Å²) in [6.07, 6.45) is 0. The fraction of sp³-hybridized carbons (Fsp3) is 0.350. The van der Waals surface area contributed by atoms with Crippen LogP contribution in [0.4, 0.5) is 10.1 Å². The van der Waals surface area contributed by atoms with Crippen LogP contribution in [-0.2, 0) is 9.53 Å². The minimum atomic E-state index is -1.10. The van der Waals surface area contributed by atoms with E-state index in [1.807, 2.05) is 6.92 Å². The first-order chi connectivity index (χ1) is 12.2. The Balaban J connectivity index is 2.17. The summed E-state index contributed by atoms with van der Waals surface area (Å²) in [5.41, 5.74) is 0.297. The maximum atomic E-state index is 13.6. The highest BCUT2D eigenvalue weighted by atomic mass is 19.1. The normalized spacial score (nSPS) is 11.0. The van der Waals surface area contributed by atoms with Crippen LogP contribution in [0.2, 0.25) is 0 Å². The quantitative estimate of drug-likeness (QED) is 0.725. The first-order valence-corrected chi connectivity index (χ1v) is 8.38. The van der Waals surface area contributed by atoms with E-state index in [0.29, 0.717) is 29.5 Å². The number of benzene rings is 2. The Morgan fingerprint density at radius 1 is 1.15 bits per heavy atom. The molecule has 0 saturated carbocycles. The molecule has 140 valence electrons. The molecule has 1 N–H and O–H groups in total. The Morgan fingerprint density at radius 3 is 2.50 bits per heavy atom. The number of carbonyl (C=O) groups excluding carboxylic acids is 1. The summed E-state index contributed by atoms with van der Waals surface area (Å²) in [6, 6.07) is 9.57. The standard InChI is InChI=1S/C20H24FNO4/c1-6-24-19(23)20(3,4)26-18-8-7-16(9-13(18)2)25-17-11-14(21)10-15(12-17)22-5/h7-12,22H,6H2,1-5H3. The fourth-order valence-corrected chi connectivity index (χ4v) is 2.32. The fourth-order valence-electron chi connectivity index (χ4n) is 2.32. The molecule has 5 nitrogen and oxygen atoms in total. The molecule has 2 aromatic rings. The van der Waals surface area contributed by atoms with Gasteiger partial charge in [-0.25, -0.2) is 9.18 Å². The summed E-state index contributed by atoms with van der Waals surface area (Å²) >= 11 is 0. The van der Waals surface area contributed by atoms with E-state index in [4.69, 9.17) is 14.2 Å². The van der Waals surface area contributed by atoms with Crippen LogP contribution in [0.15, 0.2) is 36.4 Å². The van der Waals surface area contributed by atoms with Gasteiger partial charge in [-0.2, -0.15) is 0 Å². The monoisotopic (exact) mass is 361 g/mol. The number of hydrogen-bond donors (Lipinski definition) is 1. The summed E-state index contributed by atoms with van der Waals surface area (Å²) in [5, 5.41) is 2.88. The first kappa shape index (κ1) is 19.6. The molecular formula is C20H24FNO4. The van der Waals surface area contributed by atoms with Crippen molar-refractivity contribution in [2.75, 3.05) is 19.0 Å². The molecule has 0 amide bonds. The maximum Gasteiger partial charge on any atom is 0.349 e. The van der Waals surface area contributed by atoms with Crippen molar-refractivity contribution in [1.29, 1.82) is 0 Å². The molecule has 0 aliphatic carbocycles. The number of rotatable bonds is 7. The molecule has 0 bridgehead atoms. The van der Waals surface area contributed by atoms with Gasteiger partial charge in [0.25, 0.3) is 0 Å². The number of ether oxygens (including phenoxy) is 3. The van der Waals surface area contributed by atoms with Crippen LogP contribution in [0.3, 0.4) is 0 Å². The van der Waals surface area contributed by atoms with Gasteiger partial charge in [0.05, 0.1) is 6.61 Å². The number of aryl methyl sites for hydroxylation is 1. The lowest BCUT2D eigenvalue weighted by atomic mass is 10.1. The summed E-state index contributed by atoms with van der Waals surface area (Å²) in [4.78, 5) is 12.0. The molecule has 0 aliphatic rings. The van der Waals surface area contributed by atoms with Crippen molar-refractivity contribution in [1.82, 2.24) is 0 Å². The molecule has 0 fully saturated rings. The summed E-state index contributed by atoms with van der Waals surface area (Å²) in [5.74, 6) is 0.648. The summed E-state index contributed by atoms with van der Waals surface area (Å²) in [7, 11) is 1.71. The molecule has 0 radical (unpaired) electrons. The molecule has 6 heteroatoms. The maximum absolute atomic E-state index is 13.6. The second kappa shape index (κ2) is 8.08. The van der Waals surface area contributed by atoms with Gasteiger partial charge >= 0.3 is 5.97 Å². The van der Waals surface area contributed by atoms with Crippen LogP contribution >= 0.6 is 0 Å². The van der Waals surface area contributed by atoms with Crippen molar-refractivity contribution in [2.24, 2.45) is 0 Å². The second-order valence-corrected chi connectivity index (χ2v) is 6.29. The molecule has 0 unspecified atom stereocenters. The van der Waals surface area contributed by atoms with Crippen LogP contribution in [0, 0.1) is 12.7 Å². The predicted octanol–water partition coefficient (Wildman–Crippen LogP) is 4.69. The van der Waals surface area contributed by atoms with Crippen molar-refractivity contribution in [3.8, 4) is 17.2 Å². The minimum absolute atomic E-state index is 0.291. The van der Waals surface area contributed by atoms with E-state index in [1.165, 1.54) is 12.1 Å². The molecule has 2 rings (SSSR count). The molecule has 0 aromatic heterocycles. The van der Waals surface area contributed by atoms with Gasteiger partial charge in [-0.3, -0.25) is 0 Å². The lowest BCUT2D eigenvalue weighted by Crippen LogP contribution is -2.39. The number of nitrogens with one attached hydrogen (secondary N) is 1. The highest BCUT2D eigenvalue weighted by molar-refractivity contribution is 5.79. The number of halogens is 1. The van der Waals surface area contributed by atoms with Gasteiger partial charge in [-0.1, -0.05) is 0 Å². The average Bonchev–Trinajstić information content (AvgIpc) is 2.57. The molecule has 2 aromatic carbocycles. The van der Waals surface area contributed by atoms with Crippen LogP contribution in [-0.4, -0.2) is 25.2 Å². The predicted molar refractivity (Wildman–Crippen MR) is 98.5 cm³/mol. The third-order valence-corrected chi connectivity index (χ3v) is 3.67. The van der Waals surface area contributed by atoms with E-state index in [2.05, 4.69) is 5.32 Å². The number of esters is 1. The van der Waals surface area contributed by atoms with Gasteiger partial charge in [0.15, 0.2) is 5.60 Å². The molecule has 0 aliphatic heterocycles. The zero-order valence-corrected chi connectivity index (χ0v) is 15.7. The van der Waals surface area contributed by atoms with E-state index in [0.717, 1.165) is 5.56 Å². The van der Waals surface area contributed by atoms with Crippen molar-refractivity contribution in [3.05, 3.63) is 47.8 Å². The van der Waals surface area contributed by atoms with E-state index >= 15 is 0 Å². The first-order valence-electron chi connectivity index (χ1n) is 8.38. The average molecular weight is 361 g/mol. The van der Waals surface area contributed by atoms with E-state index < -0.39 is 11.6 Å². The van der Waals surface area contributed by atoms with Crippen molar-refractivity contribution >= 4 is 11.7 Å². The SMILES string of the molecule is CCOC(=O)C(C)(C)Oc1ccc(Oc2cc(F)cc(NC)c2)cc1C. The smallest absolute Gasteiger partial charge is 0.349 e. The number of hydrogen-bond acceptors (Lipinski definition) is 5. The third-order valence-electron chi connectivity index (χ3n) is 3.67. The molecular weight excluding hydrogens is 337 g/mol. The molecule has 0 spiro atoms. The van der Waals surface area contributed by atoms with E-state index in [9.17, 15) is 9.18 Å². The topological polar surface area (TPSA) is 56.8 Å². The van der Waals surface area contributed by atoms with E-state index in [1.54, 1.807) is 52.1 Å². The van der Waals surface area contributed by atoms with Gasteiger partial charge in [0.1, 0.15) is 23.1 Å². The van der Waals surface area contributed by atoms with Crippen LogP contribution in [0.25, 0.3) is 0 Å². The highest BCUT2D eigenvalue weighted by Crippen LogP contribution is 2.31. The number of carbonyl (C=O) groups is 1. The Kier molecular flexibility index (Phi) is 6.08. The molecule has 26 heavy (non-hydrogen) atoms. The molecule has 0 atom stereocenters. The van der Waals surface area contributed by atoms with Crippen LogP contribution in [0.5, 0.6) is 17.2 Å². The zero-order valence-electron chi connectivity index (χ0n) is 15.7. The van der Waals surface area contributed by atoms with Gasteiger partial charge in [0, 0.05) is 24.9 Å². The van der Waals surface area contributed by atoms with Crippen LogP contribution < -0.4 is 14.8 Å². The Labute approximate surface area is 153 Å². The number of anilines is 1. The van der Waals surface area contributed by atoms with Crippen molar-refractivity contribution in [2.45, 2.75) is 33.3 Å². The Morgan fingerprint density at radius 2 is 1.88 bits per heavy atom. The Hall–Kier alpha value is -2.76. The minimum Gasteiger partial charge on any atom is -0.476 e. The Bertz CT molecular complexity index is 789. The van der Waals surface area contributed by atoms with Crippen molar-refractivity contribution in [3.63, 3.8) is 0 Å². The lowest BCUT2D eigenvalue weighted by molar-refractivity contribution is -0.158. The van der Waals surface area contributed by atoms with Crippen molar-refractivity contribution < 1.29 is 23.4 Å². The van der Waals surface area contributed by atoms with E-state index in [-0.39, 0.29) is 5.82 Å². The zero-order chi connectivity index (χ0) is 19.3. The summed E-state index contributed by atoms with van der Waals surface area (Å²) in [6.45, 7) is 7.19. The summed E-state index contributed by atoms with van der Waals surface area (Å²) < 4.78 is 30.2. The van der Waals surface area contributed by atoms with Crippen LogP contribution in [0.1, 0.15) is 26.3 Å². The van der Waals surface area contributed by atoms with Gasteiger partial charge in [-0.15, -0.1) is 0 Å². The lowest BCUT2D eigenvalue weighted by Gasteiger charge is -2.25. The molecule has 0 saturated heterocycles. The second-order valence-electron chi connectivity index (χ2n) is 6.29.